The molecule has 3 atom stereocenters. The van der Waals surface area contributed by atoms with Gasteiger partial charge in [0.1, 0.15) is 0 Å². The first kappa shape index (κ1) is 17.7. The summed E-state index contributed by atoms with van der Waals surface area (Å²) >= 11 is 0. The lowest BCUT2D eigenvalue weighted by Gasteiger charge is -2.42. The van der Waals surface area contributed by atoms with Crippen LogP contribution in [0.3, 0.4) is 0 Å². The van der Waals surface area contributed by atoms with Crippen LogP contribution in [0.5, 0.6) is 0 Å². The van der Waals surface area contributed by atoms with Crippen molar-refractivity contribution >= 4 is 0 Å². The lowest BCUT2D eigenvalue weighted by molar-refractivity contribution is 0.0720. The van der Waals surface area contributed by atoms with Gasteiger partial charge < -0.3 is 4.90 Å². The quantitative estimate of drug-likeness (QED) is 0.747. The Balaban J connectivity index is 1.40. The third kappa shape index (κ3) is 4.12. The first-order chi connectivity index (χ1) is 10.7. The lowest BCUT2D eigenvalue weighted by Crippen LogP contribution is -2.46. The number of hydrogen-bond acceptors (Lipinski definition) is 2. The maximum absolute atomic E-state index is 2.85. The normalized spacial score (nSPS) is 34.4. The summed E-state index contributed by atoms with van der Waals surface area (Å²) < 4.78 is 0. The maximum atomic E-state index is 2.85. The second-order valence-corrected chi connectivity index (χ2v) is 10.7. The Morgan fingerprint density at radius 1 is 0.870 bits per heavy atom. The van der Waals surface area contributed by atoms with E-state index >= 15 is 0 Å². The second kappa shape index (κ2) is 6.33. The summed E-state index contributed by atoms with van der Waals surface area (Å²) in [5.74, 6) is 2.97. The first-order valence-corrected chi connectivity index (χ1v) is 10.2. The summed E-state index contributed by atoms with van der Waals surface area (Å²) in [6.45, 7) is 19.8. The Bertz CT molecular complexity index is 395. The Hall–Kier alpha value is -0.0800. The standard InChI is InChI=1S/C21H40N2/c1-20(2,3)18-10-12-22(19-15-17(18)19)11-7-16-8-13-23(14-9-16)21(4,5)6/h16-19H,7-15H2,1-6H3. The molecule has 0 aromatic heterocycles. The van der Waals surface area contributed by atoms with Crippen LogP contribution in [0.4, 0.5) is 0 Å². The van der Waals surface area contributed by atoms with Gasteiger partial charge in [-0.1, -0.05) is 20.8 Å². The van der Waals surface area contributed by atoms with Crippen LogP contribution < -0.4 is 0 Å². The van der Waals surface area contributed by atoms with Gasteiger partial charge in [0.25, 0.3) is 0 Å². The van der Waals surface area contributed by atoms with Gasteiger partial charge in [0.2, 0.25) is 0 Å². The highest BCUT2D eigenvalue weighted by Crippen LogP contribution is 2.53. The van der Waals surface area contributed by atoms with E-state index in [4.69, 9.17) is 0 Å². The highest BCUT2D eigenvalue weighted by Gasteiger charge is 2.52. The zero-order valence-electron chi connectivity index (χ0n) is 16.6. The summed E-state index contributed by atoms with van der Waals surface area (Å²) in [7, 11) is 0. The predicted molar refractivity (Wildman–Crippen MR) is 99.7 cm³/mol. The summed E-state index contributed by atoms with van der Waals surface area (Å²) in [5, 5.41) is 0. The van der Waals surface area contributed by atoms with Gasteiger partial charge in [-0.25, -0.2) is 0 Å². The van der Waals surface area contributed by atoms with Crippen molar-refractivity contribution in [1.82, 2.24) is 9.80 Å². The summed E-state index contributed by atoms with van der Waals surface area (Å²) in [6, 6.07) is 0.947. The minimum absolute atomic E-state index is 0.362. The van der Waals surface area contributed by atoms with Gasteiger partial charge in [-0.15, -0.1) is 0 Å². The molecule has 0 bridgehead atoms. The van der Waals surface area contributed by atoms with Crippen LogP contribution >= 0.6 is 0 Å². The molecule has 1 saturated carbocycles. The van der Waals surface area contributed by atoms with E-state index in [2.05, 4.69) is 51.3 Å². The fraction of sp³-hybridized carbons (Fsp3) is 1.00. The highest BCUT2D eigenvalue weighted by atomic mass is 15.2. The summed E-state index contributed by atoms with van der Waals surface area (Å²) in [4.78, 5) is 5.53. The van der Waals surface area contributed by atoms with Crippen LogP contribution in [0.1, 0.15) is 73.6 Å². The van der Waals surface area contributed by atoms with Crippen molar-refractivity contribution in [2.45, 2.75) is 85.2 Å². The van der Waals surface area contributed by atoms with E-state index in [0.717, 1.165) is 23.8 Å². The molecule has 0 radical (unpaired) electrons. The van der Waals surface area contributed by atoms with E-state index in [9.17, 15) is 0 Å². The van der Waals surface area contributed by atoms with Crippen molar-refractivity contribution in [3.05, 3.63) is 0 Å². The molecular formula is C21H40N2. The van der Waals surface area contributed by atoms with E-state index in [1.54, 1.807) is 0 Å². The molecule has 0 amide bonds. The first-order valence-electron chi connectivity index (χ1n) is 10.2. The summed E-state index contributed by atoms with van der Waals surface area (Å²) in [5.41, 5.74) is 0.881. The average molecular weight is 321 g/mol. The molecule has 2 saturated heterocycles. The third-order valence-electron chi connectivity index (χ3n) is 7.02. The molecule has 2 heteroatoms. The Morgan fingerprint density at radius 2 is 1.52 bits per heavy atom. The number of fused-ring (bicyclic) bond motifs is 1. The molecule has 134 valence electrons. The third-order valence-corrected chi connectivity index (χ3v) is 7.02. The van der Waals surface area contributed by atoms with Crippen LogP contribution in [0.25, 0.3) is 0 Å². The minimum atomic E-state index is 0.362. The molecule has 0 aromatic rings. The van der Waals surface area contributed by atoms with Gasteiger partial charge in [-0.3, -0.25) is 4.90 Å². The van der Waals surface area contributed by atoms with E-state index in [0.29, 0.717) is 11.0 Å². The van der Waals surface area contributed by atoms with Crippen molar-refractivity contribution in [3.63, 3.8) is 0 Å². The molecule has 3 rings (SSSR count). The fourth-order valence-electron chi connectivity index (χ4n) is 5.33. The van der Waals surface area contributed by atoms with Gasteiger partial charge in [0.05, 0.1) is 0 Å². The van der Waals surface area contributed by atoms with Crippen LogP contribution in [-0.2, 0) is 0 Å². The molecule has 3 unspecified atom stereocenters. The van der Waals surface area contributed by atoms with E-state index in [1.165, 1.54) is 58.3 Å². The number of nitrogens with zero attached hydrogens (tertiary/aromatic N) is 2. The van der Waals surface area contributed by atoms with E-state index < -0.39 is 0 Å². The van der Waals surface area contributed by atoms with Crippen molar-refractivity contribution in [2.24, 2.45) is 23.2 Å². The van der Waals surface area contributed by atoms with Crippen molar-refractivity contribution in [3.8, 4) is 0 Å². The van der Waals surface area contributed by atoms with Gasteiger partial charge in [-0.2, -0.15) is 0 Å². The zero-order chi connectivity index (χ0) is 16.8. The highest BCUT2D eigenvalue weighted by molar-refractivity contribution is 5.05. The Morgan fingerprint density at radius 3 is 2.09 bits per heavy atom. The average Bonchev–Trinajstić information content (AvgIpc) is 3.23. The number of piperidine rings is 2. The fourth-order valence-corrected chi connectivity index (χ4v) is 5.33. The second-order valence-electron chi connectivity index (χ2n) is 10.7. The molecular weight excluding hydrogens is 280 g/mol. The SMILES string of the molecule is CC(C)(C)C1CCN(CCC2CCN(C(C)(C)C)CC2)C2CC21. The largest absolute Gasteiger partial charge is 0.300 e. The van der Waals surface area contributed by atoms with Gasteiger partial charge in [0, 0.05) is 11.6 Å². The molecule has 0 aromatic carbocycles. The van der Waals surface area contributed by atoms with Crippen LogP contribution in [0.2, 0.25) is 0 Å². The van der Waals surface area contributed by atoms with E-state index in [1.807, 2.05) is 0 Å². The minimum Gasteiger partial charge on any atom is -0.300 e. The molecule has 0 N–H and O–H groups in total. The molecule has 23 heavy (non-hydrogen) atoms. The topological polar surface area (TPSA) is 6.48 Å². The monoisotopic (exact) mass is 320 g/mol. The lowest BCUT2D eigenvalue weighted by atomic mass is 9.74. The van der Waals surface area contributed by atoms with Crippen LogP contribution in [0, 0.1) is 23.2 Å². The van der Waals surface area contributed by atoms with Crippen molar-refractivity contribution in [2.75, 3.05) is 26.2 Å². The van der Waals surface area contributed by atoms with Crippen molar-refractivity contribution < 1.29 is 0 Å². The van der Waals surface area contributed by atoms with E-state index in [-0.39, 0.29) is 0 Å². The number of rotatable bonds is 3. The Kier molecular flexibility index (Phi) is 4.88. The van der Waals surface area contributed by atoms with Crippen LogP contribution in [0.15, 0.2) is 0 Å². The molecule has 2 nitrogen and oxygen atoms in total. The maximum Gasteiger partial charge on any atom is 0.0130 e. The molecule has 2 aliphatic heterocycles. The summed E-state index contributed by atoms with van der Waals surface area (Å²) in [6.07, 6.45) is 7.21. The molecule has 3 aliphatic rings. The Labute approximate surface area is 145 Å². The molecule has 1 aliphatic carbocycles. The predicted octanol–water partition coefficient (Wildman–Crippen LogP) is 4.64. The van der Waals surface area contributed by atoms with Gasteiger partial charge in [-0.05, 0) is 102 Å². The zero-order valence-corrected chi connectivity index (χ0v) is 16.6. The van der Waals surface area contributed by atoms with Crippen molar-refractivity contribution in [1.29, 1.82) is 0 Å². The smallest absolute Gasteiger partial charge is 0.0130 e. The number of likely N-dealkylation sites (tertiary alicyclic amines) is 2. The van der Waals surface area contributed by atoms with Crippen LogP contribution in [-0.4, -0.2) is 47.6 Å². The van der Waals surface area contributed by atoms with Gasteiger partial charge in [0.15, 0.2) is 0 Å². The molecule has 3 fully saturated rings. The number of hydrogen-bond donors (Lipinski definition) is 0. The molecule has 0 spiro atoms. The molecule has 2 heterocycles. The van der Waals surface area contributed by atoms with Gasteiger partial charge >= 0.3 is 0 Å².